The molecule has 1 amide bonds. The number of hydrogen-bond donors (Lipinski definition) is 0. The van der Waals surface area contributed by atoms with E-state index in [0.29, 0.717) is 11.4 Å². The van der Waals surface area contributed by atoms with Gasteiger partial charge in [0.1, 0.15) is 11.5 Å². The van der Waals surface area contributed by atoms with Crippen LogP contribution in [0, 0.1) is 11.8 Å². The molecule has 0 saturated carbocycles. The molecule has 0 aromatic heterocycles. The van der Waals surface area contributed by atoms with Gasteiger partial charge in [0.15, 0.2) is 0 Å². The minimum absolute atomic E-state index is 0.0126. The number of amides is 1. The van der Waals surface area contributed by atoms with Crippen LogP contribution in [0.4, 0.5) is 0 Å². The van der Waals surface area contributed by atoms with Crippen LogP contribution in [0.5, 0.6) is 5.75 Å². The second-order valence-electron chi connectivity index (χ2n) is 6.00. The molecule has 0 spiro atoms. The number of hydrogen-bond acceptors (Lipinski definition) is 6. The number of ketones is 1. The standard InChI is InChI=1S/C12H14N2O3S.C9H12O/c1-9-5-3-4-6-11(9)18-12(10(2)16)7-14(8-15)13-17;1-3-8-5-4-6-9(7-8)10-2/h3-6,8,12H,7H2,1-2H3;4-7H,3H2,1-2H3. The van der Waals surface area contributed by atoms with Crippen LogP contribution in [0.15, 0.2) is 58.7 Å². The summed E-state index contributed by atoms with van der Waals surface area (Å²) in [4.78, 5) is 33.3. The Morgan fingerprint density at radius 2 is 1.96 bits per heavy atom. The molecule has 0 saturated heterocycles. The fourth-order valence-corrected chi connectivity index (χ4v) is 3.36. The zero-order chi connectivity index (χ0) is 20.9. The molecular formula is C21H26N2O4S. The topological polar surface area (TPSA) is 76.0 Å². The number of benzene rings is 2. The summed E-state index contributed by atoms with van der Waals surface area (Å²) in [6.07, 6.45) is 1.39. The van der Waals surface area contributed by atoms with Crippen molar-refractivity contribution in [1.29, 1.82) is 0 Å². The Morgan fingerprint density at radius 3 is 2.50 bits per heavy atom. The first-order valence-electron chi connectivity index (χ1n) is 8.86. The summed E-state index contributed by atoms with van der Waals surface area (Å²) in [6, 6.07) is 15.7. The van der Waals surface area contributed by atoms with Crippen LogP contribution >= 0.6 is 11.8 Å². The molecule has 1 unspecified atom stereocenters. The predicted molar refractivity (Wildman–Crippen MR) is 112 cm³/mol. The first-order chi connectivity index (χ1) is 13.4. The Hall–Kier alpha value is -2.67. The highest BCUT2D eigenvalue weighted by molar-refractivity contribution is 8.00. The van der Waals surface area contributed by atoms with Gasteiger partial charge < -0.3 is 4.74 Å². The summed E-state index contributed by atoms with van der Waals surface area (Å²) >= 11 is 1.33. The fourth-order valence-electron chi connectivity index (χ4n) is 2.25. The van der Waals surface area contributed by atoms with Crippen molar-refractivity contribution in [3.8, 4) is 5.75 Å². The highest BCUT2D eigenvalue weighted by Gasteiger charge is 2.20. The minimum atomic E-state index is -0.492. The SMILES string of the molecule is CC(=O)C(CN(C=O)N=O)Sc1ccccc1C.CCc1cccc(OC)c1. The summed E-state index contributed by atoms with van der Waals surface area (Å²) in [7, 11) is 1.69. The van der Waals surface area contributed by atoms with Crippen molar-refractivity contribution in [2.24, 2.45) is 5.29 Å². The van der Waals surface area contributed by atoms with Crippen molar-refractivity contribution < 1.29 is 14.3 Å². The van der Waals surface area contributed by atoms with Gasteiger partial charge in [0.2, 0.25) is 6.41 Å². The first kappa shape index (κ1) is 23.4. The van der Waals surface area contributed by atoms with E-state index < -0.39 is 5.25 Å². The summed E-state index contributed by atoms with van der Waals surface area (Å²) in [5.74, 6) is 0.845. The monoisotopic (exact) mass is 402 g/mol. The van der Waals surface area contributed by atoms with Crippen LogP contribution in [0.3, 0.4) is 0 Å². The van der Waals surface area contributed by atoms with Gasteiger partial charge in [-0.1, -0.05) is 37.3 Å². The van der Waals surface area contributed by atoms with Gasteiger partial charge in [0.05, 0.1) is 24.2 Å². The van der Waals surface area contributed by atoms with Gasteiger partial charge in [0.25, 0.3) is 0 Å². The van der Waals surface area contributed by atoms with E-state index in [9.17, 15) is 14.5 Å². The van der Waals surface area contributed by atoms with Gasteiger partial charge in [-0.3, -0.25) is 9.59 Å². The molecular weight excluding hydrogens is 376 g/mol. The molecule has 2 aromatic rings. The molecule has 6 nitrogen and oxygen atoms in total. The van der Waals surface area contributed by atoms with Gasteiger partial charge in [-0.25, -0.2) is 0 Å². The third-order valence-corrected chi connectivity index (χ3v) is 5.42. The maximum absolute atomic E-state index is 11.5. The van der Waals surface area contributed by atoms with E-state index in [1.807, 2.05) is 43.3 Å². The van der Waals surface area contributed by atoms with E-state index in [0.717, 1.165) is 22.6 Å². The first-order valence-corrected chi connectivity index (χ1v) is 9.73. The minimum Gasteiger partial charge on any atom is -0.497 e. The van der Waals surface area contributed by atoms with E-state index in [2.05, 4.69) is 24.3 Å². The second kappa shape index (κ2) is 12.7. The molecule has 2 aromatic carbocycles. The third kappa shape index (κ3) is 7.92. The van der Waals surface area contributed by atoms with Crippen LogP contribution in [0.1, 0.15) is 25.0 Å². The number of nitroso groups, excluding NO2 is 1. The molecule has 0 aliphatic heterocycles. The lowest BCUT2D eigenvalue weighted by Crippen LogP contribution is -2.29. The highest BCUT2D eigenvalue weighted by Crippen LogP contribution is 2.27. The van der Waals surface area contributed by atoms with Gasteiger partial charge >= 0.3 is 0 Å². The number of Topliss-reactive ketones (excluding diaryl/α,β-unsaturated/α-hetero) is 1. The molecule has 2 rings (SSSR count). The van der Waals surface area contributed by atoms with E-state index >= 15 is 0 Å². The Morgan fingerprint density at radius 1 is 1.25 bits per heavy atom. The molecule has 1 atom stereocenters. The van der Waals surface area contributed by atoms with Crippen molar-refractivity contribution in [1.82, 2.24) is 5.01 Å². The Balaban J connectivity index is 0.000000330. The smallest absolute Gasteiger partial charge is 0.232 e. The number of carbonyl (C=O) groups is 2. The average molecular weight is 403 g/mol. The van der Waals surface area contributed by atoms with E-state index in [4.69, 9.17) is 4.74 Å². The lowest BCUT2D eigenvalue weighted by Gasteiger charge is -2.17. The number of thioether (sulfide) groups is 1. The van der Waals surface area contributed by atoms with Gasteiger partial charge in [-0.2, -0.15) is 5.01 Å². The molecule has 0 heterocycles. The Bertz CT molecular complexity index is 755. The predicted octanol–water partition coefficient (Wildman–Crippen LogP) is 4.44. The summed E-state index contributed by atoms with van der Waals surface area (Å²) in [5, 5.41) is 2.74. The third-order valence-electron chi connectivity index (χ3n) is 3.94. The van der Waals surface area contributed by atoms with Crippen LogP contribution < -0.4 is 4.74 Å². The number of carbonyl (C=O) groups excluding carboxylic acids is 2. The van der Waals surface area contributed by atoms with E-state index in [1.165, 1.54) is 24.2 Å². The number of nitrogens with zero attached hydrogens (tertiary/aromatic N) is 2. The number of aryl methyl sites for hydroxylation is 2. The molecule has 0 radical (unpaired) electrons. The number of rotatable bonds is 9. The van der Waals surface area contributed by atoms with Gasteiger partial charge in [0, 0.05) is 4.90 Å². The van der Waals surface area contributed by atoms with E-state index in [-0.39, 0.29) is 12.3 Å². The summed E-state index contributed by atoms with van der Waals surface area (Å²) in [5.41, 5.74) is 2.37. The number of ether oxygens (including phenoxy) is 1. The van der Waals surface area contributed by atoms with Crippen LogP contribution in [0.2, 0.25) is 0 Å². The highest BCUT2D eigenvalue weighted by atomic mass is 32.2. The molecule has 7 heteroatoms. The zero-order valence-electron chi connectivity index (χ0n) is 16.6. The second-order valence-corrected chi connectivity index (χ2v) is 7.24. The molecule has 150 valence electrons. The number of methoxy groups -OCH3 is 1. The van der Waals surface area contributed by atoms with Crippen molar-refractivity contribution >= 4 is 24.0 Å². The maximum atomic E-state index is 11.5. The van der Waals surface area contributed by atoms with Crippen LogP contribution in [-0.4, -0.2) is 36.1 Å². The van der Waals surface area contributed by atoms with Crippen LogP contribution in [-0.2, 0) is 16.0 Å². The lowest BCUT2D eigenvalue weighted by molar-refractivity contribution is -0.120. The molecule has 0 bridgehead atoms. The van der Waals surface area contributed by atoms with Crippen molar-refractivity contribution in [2.45, 2.75) is 37.3 Å². The maximum Gasteiger partial charge on any atom is 0.232 e. The van der Waals surface area contributed by atoms with Crippen molar-refractivity contribution in [3.63, 3.8) is 0 Å². The van der Waals surface area contributed by atoms with Gasteiger partial charge in [-0.05, 0) is 49.6 Å². The molecule has 0 fully saturated rings. The fraction of sp³-hybridized carbons (Fsp3) is 0.333. The van der Waals surface area contributed by atoms with Crippen molar-refractivity contribution in [3.05, 3.63) is 64.6 Å². The van der Waals surface area contributed by atoms with E-state index in [1.54, 1.807) is 7.11 Å². The quantitative estimate of drug-likeness (QED) is 0.268. The lowest BCUT2D eigenvalue weighted by atomic mass is 10.2. The van der Waals surface area contributed by atoms with Crippen LogP contribution in [0.25, 0.3) is 0 Å². The molecule has 28 heavy (non-hydrogen) atoms. The van der Waals surface area contributed by atoms with Crippen molar-refractivity contribution in [2.75, 3.05) is 13.7 Å². The molecule has 0 aliphatic carbocycles. The normalized spacial score (nSPS) is 10.9. The summed E-state index contributed by atoms with van der Waals surface area (Å²) in [6.45, 7) is 5.49. The molecule has 0 N–H and O–H groups in total. The largest absolute Gasteiger partial charge is 0.497 e. The average Bonchev–Trinajstić information content (AvgIpc) is 2.72. The molecule has 0 aliphatic rings. The Labute approximate surface area is 170 Å². The zero-order valence-corrected chi connectivity index (χ0v) is 17.4. The van der Waals surface area contributed by atoms with Gasteiger partial charge in [-0.15, -0.1) is 16.7 Å². The Kier molecular flexibility index (Phi) is 10.6. The summed E-state index contributed by atoms with van der Waals surface area (Å²) < 4.78 is 5.06.